The molecule has 1 unspecified atom stereocenters. The van der Waals surface area contributed by atoms with E-state index in [1.807, 2.05) is 0 Å². The second-order valence-corrected chi connectivity index (χ2v) is 7.67. The lowest BCUT2D eigenvalue weighted by molar-refractivity contribution is -0.269. The van der Waals surface area contributed by atoms with Gasteiger partial charge in [0.1, 0.15) is 12.1 Å². The molecular formula is C23H15ClF4N2O3. The van der Waals surface area contributed by atoms with Crippen LogP contribution in [-0.2, 0) is 15.2 Å². The van der Waals surface area contributed by atoms with Crippen molar-refractivity contribution in [1.29, 1.82) is 0 Å². The average molecular weight is 479 g/mol. The molecule has 0 radical (unpaired) electrons. The minimum absolute atomic E-state index is 0.0243. The number of fused-ring (bicyclic) bond motifs is 1. The number of hydrogen-bond donors (Lipinski definition) is 2. The number of carbonyl (C=O) groups excluding carboxylic acids is 2. The van der Waals surface area contributed by atoms with Crippen molar-refractivity contribution in [2.75, 3.05) is 6.54 Å². The zero-order valence-electron chi connectivity index (χ0n) is 16.7. The Kier molecular flexibility index (Phi) is 5.85. The van der Waals surface area contributed by atoms with Crippen molar-refractivity contribution in [3.8, 4) is 0 Å². The third-order valence-electron chi connectivity index (χ3n) is 5.19. The van der Waals surface area contributed by atoms with Gasteiger partial charge in [-0.05, 0) is 41.1 Å². The number of rotatable bonds is 5. The molecule has 3 aromatic rings. The van der Waals surface area contributed by atoms with Gasteiger partial charge in [-0.15, -0.1) is 0 Å². The van der Waals surface area contributed by atoms with Gasteiger partial charge in [0.25, 0.3) is 5.91 Å². The number of halogens is 5. The number of carbonyl (C=O) groups is 2. The smallest absolute Gasteiger partial charge is 0.345 e. The van der Waals surface area contributed by atoms with Crippen molar-refractivity contribution in [2.24, 2.45) is 0 Å². The molecule has 1 aliphatic rings. The first-order chi connectivity index (χ1) is 15.7. The SMILES string of the molecule is O=CCNC(=O)c1ccc(C2=CC(c3cc(F)cc(Cl)c3)(C(F)(F)F)ON2)c2ccccc12. The zero-order valence-corrected chi connectivity index (χ0v) is 17.4. The average Bonchev–Trinajstić information content (AvgIpc) is 3.23. The lowest BCUT2D eigenvalue weighted by Gasteiger charge is -2.28. The molecule has 0 saturated heterocycles. The van der Waals surface area contributed by atoms with Crippen LogP contribution in [0.5, 0.6) is 0 Å². The first kappa shape index (κ1) is 22.8. The van der Waals surface area contributed by atoms with E-state index in [2.05, 4.69) is 10.8 Å². The van der Waals surface area contributed by atoms with Crippen LogP contribution in [0.25, 0.3) is 16.5 Å². The molecular weight excluding hydrogens is 464 g/mol. The number of hydrogen-bond acceptors (Lipinski definition) is 4. The van der Waals surface area contributed by atoms with E-state index in [9.17, 15) is 27.2 Å². The van der Waals surface area contributed by atoms with E-state index < -0.39 is 29.1 Å². The molecule has 10 heteroatoms. The van der Waals surface area contributed by atoms with Gasteiger partial charge < -0.3 is 10.1 Å². The number of alkyl halides is 3. The van der Waals surface area contributed by atoms with E-state index in [-0.39, 0.29) is 22.8 Å². The number of benzene rings is 3. The van der Waals surface area contributed by atoms with E-state index in [0.717, 1.165) is 18.2 Å². The molecule has 3 aromatic carbocycles. The number of amides is 1. The lowest BCUT2D eigenvalue weighted by Crippen LogP contribution is -2.42. The largest absolute Gasteiger partial charge is 0.428 e. The molecule has 1 aliphatic heterocycles. The van der Waals surface area contributed by atoms with Crippen LogP contribution in [0.2, 0.25) is 5.02 Å². The quantitative estimate of drug-likeness (QED) is 0.404. The number of aldehydes is 1. The summed E-state index contributed by atoms with van der Waals surface area (Å²) in [6.07, 6.45) is -3.61. The normalized spacial score (nSPS) is 18.0. The summed E-state index contributed by atoms with van der Waals surface area (Å²) in [5.74, 6) is -1.45. The summed E-state index contributed by atoms with van der Waals surface area (Å²) < 4.78 is 56.5. The van der Waals surface area contributed by atoms with Crippen molar-refractivity contribution in [2.45, 2.75) is 11.8 Å². The minimum atomic E-state index is -4.96. The fraction of sp³-hybridized carbons (Fsp3) is 0.130. The Morgan fingerprint density at radius 1 is 1.12 bits per heavy atom. The van der Waals surface area contributed by atoms with Crippen molar-refractivity contribution in [3.05, 3.63) is 88.2 Å². The summed E-state index contributed by atoms with van der Waals surface area (Å²) in [4.78, 5) is 28.0. The van der Waals surface area contributed by atoms with Gasteiger partial charge in [0.15, 0.2) is 0 Å². The minimum Gasteiger partial charge on any atom is -0.345 e. The topological polar surface area (TPSA) is 67.4 Å². The molecule has 1 atom stereocenters. The summed E-state index contributed by atoms with van der Waals surface area (Å²) >= 11 is 5.79. The zero-order chi connectivity index (χ0) is 23.8. The van der Waals surface area contributed by atoms with Crippen LogP contribution in [0.15, 0.2) is 60.7 Å². The summed E-state index contributed by atoms with van der Waals surface area (Å²) in [7, 11) is 0. The highest BCUT2D eigenvalue weighted by Gasteiger charge is 2.59. The molecule has 1 heterocycles. The Morgan fingerprint density at radius 2 is 1.85 bits per heavy atom. The highest BCUT2D eigenvalue weighted by atomic mass is 35.5. The highest BCUT2D eigenvalue weighted by Crippen LogP contribution is 2.48. The summed E-state index contributed by atoms with van der Waals surface area (Å²) in [5.41, 5.74) is -0.664. The standard InChI is InChI=1S/C23H15ClF4N2O3/c24-14-9-13(10-15(25)11-14)22(23(26,27)28)12-20(30-33-22)18-5-6-19(21(32)29-7-8-31)17-4-2-1-3-16(17)18/h1-6,8-12,30H,7H2,(H,29,32). The molecule has 0 aliphatic carbocycles. The van der Waals surface area contributed by atoms with E-state index in [1.54, 1.807) is 24.3 Å². The van der Waals surface area contributed by atoms with Crippen LogP contribution in [-0.4, -0.2) is 24.9 Å². The van der Waals surface area contributed by atoms with Gasteiger partial charge in [0.05, 0.1) is 12.2 Å². The second kappa shape index (κ2) is 8.49. The molecule has 5 nitrogen and oxygen atoms in total. The van der Waals surface area contributed by atoms with E-state index >= 15 is 0 Å². The second-order valence-electron chi connectivity index (χ2n) is 7.24. The summed E-state index contributed by atoms with van der Waals surface area (Å²) in [6.45, 7) is -0.181. The molecule has 2 N–H and O–H groups in total. The van der Waals surface area contributed by atoms with E-state index in [1.165, 1.54) is 12.1 Å². The first-order valence-corrected chi connectivity index (χ1v) is 9.98. The van der Waals surface area contributed by atoms with Crippen molar-refractivity contribution < 1.29 is 32.0 Å². The van der Waals surface area contributed by atoms with Gasteiger partial charge in [-0.2, -0.15) is 13.2 Å². The van der Waals surface area contributed by atoms with Crippen LogP contribution in [0, 0.1) is 5.82 Å². The van der Waals surface area contributed by atoms with Crippen LogP contribution < -0.4 is 10.8 Å². The Hall–Kier alpha value is -3.43. The van der Waals surface area contributed by atoms with Crippen LogP contribution >= 0.6 is 11.6 Å². The maximum absolute atomic E-state index is 14.2. The third kappa shape index (κ3) is 4.05. The van der Waals surface area contributed by atoms with Gasteiger partial charge >= 0.3 is 6.18 Å². The van der Waals surface area contributed by atoms with Crippen LogP contribution in [0.3, 0.4) is 0 Å². The predicted octanol–water partition coefficient (Wildman–Crippen LogP) is 4.89. The maximum atomic E-state index is 14.2. The van der Waals surface area contributed by atoms with Crippen molar-refractivity contribution >= 4 is 40.3 Å². The van der Waals surface area contributed by atoms with E-state index in [4.69, 9.17) is 16.4 Å². The summed E-state index contributed by atoms with van der Waals surface area (Å²) in [5, 5.41) is 3.15. The van der Waals surface area contributed by atoms with Gasteiger partial charge in [0.2, 0.25) is 5.60 Å². The Morgan fingerprint density at radius 3 is 2.52 bits per heavy atom. The monoisotopic (exact) mass is 478 g/mol. The molecule has 0 bridgehead atoms. The van der Waals surface area contributed by atoms with Crippen LogP contribution in [0.1, 0.15) is 21.5 Å². The van der Waals surface area contributed by atoms with E-state index in [0.29, 0.717) is 28.7 Å². The third-order valence-corrected chi connectivity index (χ3v) is 5.41. The fourth-order valence-electron chi connectivity index (χ4n) is 3.71. The molecule has 33 heavy (non-hydrogen) atoms. The van der Waals surface area contributed by atoms with Gasteiger partial charge in [-0.3, -0.25) is 15.1 Å². The van der Waals surface area contributed by atoms with Crippen molar-refractivity contribution in [3.63, 3.8) is 0 Å². The number of hydroxylamine groups is 1. The molecule has 0 aromatic heterocycles. The molecule has 4 rings (SSSR count). The fourth-order valence-corrected chi connectivity index (χ4v) is 3.93. The Balaban J connectivity index is 1.87. The lowest BCUT2D eigenvalue weighted by atomic mass is 9.90. The van der Waals surface area contributed by atoms with Gasteiger partial charge in [-0.1, -0.05) is 41.9 Å². The molecule has 0 spiro atoms. The Bertz CT molecular complexity index is 1270. The Labute approximate surface area is 189 Å². The molecule has 170 valence electrons. The molecule has 0 fully saturated rings. The van der Waals surface area contributed by atoms with Gasteiger partial charge in [0, 0.05) is 21.7 Å². The van der Waals surface area contributed by atoms with Crippen molar-refractivity contribution in [1.82, 2.24) is 10.8 Å². The first-order valence-electron chi connectivity index (χ1n) is 9.60. The predicted molar refractivity (Wildman–Crippen MR) is 114 cm³/mol. The molecule has 1 amide bonds. The van der Waals surface area contributed by atoms with Crippen LogP contribution in [0.4, 0.5) is 17.6 Å². The maximum Gasteiger partial charge on any atom is 0.428 e. The summed E-state index contributed by atoms with van der Waals surface area (Å²) in [6, 6.07) is 12.1. The van der Waals surface area contributed by atoms with Gasteiger partial charge in [-0.25, -0.2) is 4.39 Å². The highest BCUT2D eigenvalue weighted by molar-refractivity contribution is 6.30. The number of nitrogens with one attached hydrogen (secondary N) is 2. The molecule has 0 saturated carbocycles.